The van der Waals surface area contributed by atoms with Crippen molar-refractivity contribution in [1.82, 2.24) is 0 Å². The third-order valence-corrected chi connectivity index (χ3v) is 3.29. The molecule has 0 aromatic heterocycles. The zero-order valence-corrected chi connectivity index (χ0v) is 14.0. The first kappa shape index (κ1) is 17.4. The molecule has 0 fully saturated rings. The highest BCUT2D eigenvalue weighted by atomic mass is 16.5. The van der Waals surface area contributed by atoms with Gasteiger partial charge in [-0.2, -0.15) is 0 Å². The van der Waals surface area contributed by atoms with Crippen molar-refractivity contribution in [2.75, 3.05) is 26.1 Å². The molecule has 1 N–H and O–H groups in total. The number of hydrogen-bond acceptors (Lipinski definition) is 4. The van der Waals surface area contributed by atoms with Gasteiger partial charge in [-0.3, -0.25) is 4.79 Å². The van der Waals surface area contributed by atoms with Gasteiger partial charge in [0.1, 0.15) is 17.2 Å². The molecule has 1 amide bonds. The highest BCUT2D eigenvalue weighted by Crippen LogP contribution is 2.25. The van der Waals surface area contributed by atoms with Gasteiger partial charge in [-0.25, -0.2) is 0 Å². The summed E-state index contributed by atoms with van der Waals surface area (Å²) in [4.78, 5) is 12.0. The van der Waals surface area contributed by atoms with Crippen molar-refractivity contribution in [2.24, 2.45) is 0 Å². The van der Waals surface area contributed by atoms with Crippen LogP contribution >= 0.6 is 0 Å². The standard InChI is InChI=1S/C19H21NO4/c1-4-24-16-10-7-15(8-11-16)20-19(21)12-6-14-5-9-17(22-2)13-18(14)23-3/h5-13H,4H2,1-3H3,(H,20,21). The molecule has 5 heteroatoms. The minimum atomic E-state index is -0.225. The number of carbonyl (C=O) groups excluding carboxylic acids is 1. The number of benzene rings is 2. The van der Waals surface area contributed by atoms with Crippen LogP contribution in [0.15, 0.2) is 48.5 Å². The lowest BCUT2D eigenvalue weighted by atomic mass is 10.1. The molecule has 0 heterocycles. The summed E-state index contributed by atoms with van der Waals surface area (Å²) in [6, 6.07) is 12.6. The first-order chi connectivity index (χ1) is 11.7. The van der Waals surface area contributed by atoms with Gasteiger partial charge < -0.3 is 19.5 Å². The maximum atomic E-state index is 12.0. The highest BCUT2D eigenvalue weighted by molar-refractivity contribution is 6.02. The second kappa shape index (κ2) is 8.62. The molecule has 2 rings (SSSR count). The van der Waals surface area contributed by atoms with Crippen LogP contribution in [0.25, 0.3) is 6.08 Å². The molecule has 0 aliphatic rings. The molecule has 5 nitrogen and oxygen atoms in total. The maximum absolute atomic E-state index is 12.0. The summed E-state index contributed by atoms with van der Waals surface area (Å²) in [6.07, 6.45) is 3.16. The van der Waals surface area contributed by atoms with Gasteiger partial charge in [0.2, 0.25) is 5.91 Å². The number of amides is 1. The van der Waals surface area contributed by atoms with Gasteiger partial charge in [0.15, 0.2) is 0 Å². The van der Waals surface area contributed by atoms with Gasteiger partial charge in [-0.15, -0.1) is 0 Å². The zero-order valence-electron chi connectivity index (χ0n) is 14.0. The Labute approximate surface area is 141 Å². The molecule has 2 aromatic carbocycles. The van der Waals surface area contributed by atoms with Gasteiger partial charge in [0, 0.05) is 23.4 Å². The van der Waals surface area contributed by atoms with Crippen LogP contribution in [0.4, 0.5) is 5.69 Å². The van der Waals surface area contributed by atoms with Crippen molar-refractivity contribution in [3.05, 3.63) is 54.1 Å². The van der Waals surface area contributed by atoms with Crippen LogP contribution in [0.1, 0.15) is 12.5 Å². The minimum absolute atomic E-state index is 0.225. The lowest BCUT2D eigenvalue weighted by molar-refractivity contribution is -0.111. The normalized spacial score (nSPS) is 10.5. The van der Waals surface area contributed by atoms with Crippen LogP contribution in [0.3, 0.4) is 0 Å². The first-order valence-corrected chi connectivity index (χ1v) is 7.60. The number of carbonyl (C=O) groups is 1. The third kappa shape index (κ3) is 4.78. The van der Waals surface area contributed by atoms with E-state index in [2.05, 4.69) is 5.32 Å². The van der Waals surface area contributed by atoms with E-state index < -0.39 is 0 Å². The lowest BCUT2D eigenvalue weighted by Gasteiger charge is -2.07. The number of nitrogens with one attached hydrogen (secondary N) is 1. The van der Waals surface area contributed by atoms with Gasteiger partial charge >= 0.3 is 0 Å². The fourth-order valence-corrected chi connectivity index (χ4v) is 2.11. The van der Waals surface area contributed by atoms with Gasteiger partial charge in [0.05, 0.1) is 20.8 Å². The molecular formula is C19H21NO4. The minimum Gasteiger partial charge on any atom is -0.497 e. The van der Waals surface area contributed by atoms with E-state index in [1.54, 1.807) is 38.5 Å². The van der Waals surface area contributed by atoms with Gasteiger partial charge in [-0.1, -0.05) is 0 Å². The molecule has 0 saturated carbocycles. The van der Waals surface area contributed by atoms with Crippen LogP contribution in [-0.4, -0.2) is 26.7 Å². The smallest absolute Gasteiger partial charge is 0.248 e. The highest BCUT2D eigenvalue weighted by Gasteiger charge is 2.03. The summed E-state index contributed by atoms with van der Waals surface area (Å²) < 4.78 is 15.8. The van der Waals surface area contributed by atoms with E-state index in [0.717, 1.165) is 11.3 Å². The molecule has 0 atom stereocenters. The van der Waals surface area contributed by atoms with Crippen LogP contribution in [0.2, 0.25) is 0 Å². The summed E-state index contributed by atoms with van der Waals surface area (Å²) in [7, 11) is 3.17. The van der Waals surface area contributed by atoms with E-state index >= 15 is 0 Å². The Hall–Kier alpha value is -2.95. The average Bonchev–Trinajstić information content (AvgIpc) is 2.61. The fraction of sp³-hybridized carbons (Fsp3) is 0.211. The summed E-state index contributed by atoms with van der Waals surface area (Å²) in [5.41, 5.74) is 1.50. The number of anilines is 1. The summed E-state index contributed by atoms with van der Waals surface area (Å²) in [6.45, 7) is 2.53. The van der Waals surface area contributed by atoms with Gasteiger partial charge in [-0.05, 0) is 49.4 Å². The number of ether oxygens (including phenoxy) is 3. The van der Waals surface area contributed by atoms with Crippen molar-refractivity contribution in [3.63, 3.8) is 0 Å². The molecule has 24 heavy (non-hydrogen) atoms. The zero-order chi connectivity index (χ0) is 17.4. The van der Waals surface area contributed by atoms with Crippen molar-refractivity contribution in [1.29, 1.82) is 0 Å². The van der Waals surface area contributed by atoms with E-state index in [1.165, 1.54) is 6.08 Å². The summed E-state index contributed by atoms with van der Waals surface area (Å²) >= 11 is 0. The maximum Gasteiger partial charge on any atom is 0.248 e. The van der Waals surface area contributed by atoms with E-state index in [1.807, 2.05) is 31.2 Å². The molecular weight excluding hydrogens is 306 g/mol. The summed E-state index contributed by atoms with van der Waals surface area (Å²) in [5.74, 6) is 1.88. The molecule has 0 aliphatic heterocycles. The Morgan fingerprint density at radius 1 is 1.04 bits per heavy atom. The van der Waals surface area contributed by atoms with Crippen LogP contribution in [-0.2, 0) is 4.79 Å². The summed E-state index contributed by atoms with van der Waals surface area (Å²) in [5, 5.41) is 2.79. The van der Waals surface area contributed by atoms with Crippen molar-refractivity contribution >= 4 is 17.7 Å². The van der Waals surface area contributed by atoms with Crippen LogP contribution < -0.4 is 19.5 Å². The third-order valence-electron chi connectivity index (χ3n) is 3.29. The van der Waals surface area contributed by atoms with Crippen molar-refractivity contribution in [3.8, 4) is 17.2 Å². The Bertz CT molecular complexity index is 708. The SMILES string of the molecule is CCOc1ccc(NC(=O)C=Cc2ccc(OC)cc2OC)cc1. The second-order valence-electron chi connectivity index (χ2n) is 4.89. The fourth-order valence-electron chi connectivity index (χ4n) is 2.11. The Morgan fingerprint density at radius 3 is 2.38 bits per heavy atom. The first-order valence-electron chi connectivity index (χ1n) is 7.60. The molecule has 0 saturated heterocycles. The largest absolute Gasteiger partial charge is 0.497 e. The molecule has 0 radical (unpaired) electrons. The van der Waals surface area contributed by atoms with Crippen LogP contribution in [0.5, 0.6) is 17.2 Å². The predicted molar refractivity (Wildman–Crippen MR) is 94.8 cm³/mol. The Kier molecular flexibility index (Phi) is 6.25. The quantitative estimate of drug-likeness (QED) is 0.787. The van der Waals surface area contributed by atoms with Crippen molar-refractivity contribution in [2.45, 2.75) is 6.92 Å². The second-order valence-corrected chi connectivity index (χ2v) is 4.89. The van der Waals surface area contributed by atoms with E-state index in [-0.39, 0.29) is 5.91 Å². The molecule has 0 spiro atoms. The van der Waals surface area contributed by atoms with E-state index in [9.17, 15) is 4.79 Å². The number of methoxy groups -OCH3 is 2. The Balaban J connectivity index is 2.02. The molecule has 0 bridgehead atoms. The predicted octanol–water partition coefficient (Wildman–Crippen LogP) is 3.75. The number of rotatable bonds is 7. The lowest BCUT2D eigenvalue weighted by Crippen LogP contribution is -2.07. The van der Waals surface area contributed by atoms with Crippen molar-refractivity contribution < 1.29 is 19.0 Å². The Morgan fingerprint density at radius 2 is 1.75 bits per heavy atom. The van der Waals surface area contributed by atoms with Crippen LogP contribution in [0, 0.1) is 0 Å². The molecule has 0 unspecified atom stereocenters. The molecule has 0 aliphatic carbocycles. The topological polar surface area (TPSA) is 56.8 Å². The average molecular weight is 327 g/mol. The van der Waals surface area contributed by atoms with E-state index in [0.29, 0.717) is 23.8 Å². The monoisotopic (exact) mass is 327 g/mol. The molecule has 2 aromatic rings. The van der Waals surface area contributed by atoms with Gasteiger partial charge in [0.25, 0.3) is 0 Å². The molecule has 126 valence electrons. The number of hydrogen-bond donors (Lipinski definition) is 1. The van der Waals surface area contributed by atoms with E-state index in [4.69, 9.17) is 14.2 Å².